The predicted molar refractivity (Wildman–Crippen MR) is 129 cm³/mol. The Hall–Kier alpha value is -3.26. The van der Waals surface area contributed by atoms with E-state index in [0.717, 1.165) is 43.1 Å². The number of carbonyl (C=O) groups excluding carboxylic acids is 1. The minimum Gasteiger partial charge on any atom is -0.385 e. The average Bonchev–Trinajstić information content (AvgIpc) is 3.29. The second-order valence-corrected chi connectivity index (χ2v) is 9.17. The van der Waals surface area contributed by atoms with Crippen LogP contribution in [0, 0.1) is 11.2 Å². The van der Waals surface area contributed by atoms with Crippen LogP contribution >= 0.6 is 0 Å². The fraction of sp³-hybridized carbons (Fsp3) is 0.423. The Morgan fingerprint density at radius 1 is 1.29 bits per heavy atom. The van der Waals surface area contributed by atoms with E-state index in [1.807, 2.05) is 34.0 Å². The molecule has 0 bridgehead atoms. The number of carbonyl (C=O) groups is 1. The average molecular weight is 464 g/mol. The molecule has 0 aliphatic carbocycles. The fourth-order valence-corrected chi connectivity index (χ4v) is 4.97. The number of nitrogens with zero attached hydrogens (tertiary/aromatic N) is 3. The maximum atomic E-state index is 13.8. The lowest BCUT2D eigenvalue weighted by molar-refractivity contribution is -0.128. The van der Waals surface area contributed by atoms with Crippen LogP contribution in [0.3, 0.4) is 0 Å². The van der Waals surface area contributed by atoms with Gasteiger partial charge in [-0.05, 0) is 31.4 Å². The molecule has 1 aromatic heterocycles. The number of fused-ring (bicyclic) bond motifs is 1. The van der Waals surface area contributed by atoms with E-state index in [9.17, 15) is 14.6 Å². The normalized spacial score (nSPS) is 20.9. The van der Waals surface area contributed by atoms with Crippen LogP contribution in [0.2, 0.25) is 0 Å². The Morgan fingerprint density at radius 3 is 2.88 bits per heavy atom. The molecule has 8 heteroatoms. The van der Waals surface area contributed by atoms with E-state index >= 15 is 0 Å². The summed E-state index contributed by atoms with van der Waals surface area (Å²) in [5, 5.41) is 12.9. The maximum Gasteiger partial charge on any atom is 0.219 e. The third kappa shape index (κ3) is 4.55. The van der Waals surface area contributed by atoms with Gasteiger partial charge in [-0.3, -0.25) is 4.79 Å². The smallest absolute Gasteiger partial charge is 0.219 e. The number of hydrogen-bond acceptors (Lipinski definition) is 5. The second kappa shape index (κ2) is 9.54. The monoisotopic (exact) mass is 463 g/mol. The van der Waals surface area contributed by atoms with Crippen LogP contribution in [0.1, 0.15) is 44.3 Å². The molecule has 4 heterocycles. The van der Waals surface area contributed by atoms with Gasteiger partial charge in [-0.2, -0.15) is 0 Å². The van der Waals surface area contributed by atoms with Crippen molar-refractivity contribution < 1.29 is 13.9 Å². The van der Waals surface area contributed by atoms with Crippen molar-refractivity contribution in [2.45, 2.75) is 44.6 Å². The molecule has 3 aliphatic heterocycles. The first-order valence-electron chi connectivity index (χ1n) is 11.9. The molecule has 2 aromatic rings. The van der Waals surface area contributed by atoms with Gasteiger partial charge in [0, 0.05) is 80.6 Å². The Kier molecular flexibility index (Phi) is 6.32. The first kappa shape index (κ1) is 22.5. The van der Waals surface area contributed by atoms with E-state index in [2.05, 4.69) is 5.32 Å². The third-order valence-corrected chi connectivity index (χ3v) is 6.89. The molecule has 0 radical (unpaired) electrons. The number of halogens is 1. The van der Waals surface area contributed by atoms with Gasteiger partial charge in [0.2, 0.25) is 5.91 Å². The van der Waals surface area contributed by atoms with Crippen molar-refractivity contribution in [1.29, 1.82) is 5.41 Å². The van der Waals surface area contributed by atoms with Crippen LogP contribution in [-0.2, 0) is 9.53 Å². The number of rotatable bonds is 5. The standard InChI is InChI=1S/C26H30FN5O2/c1-17(33)31-11-7-23(29-20-8-12-34-13-9-20)22(15-31)25(28)21-6-3-10-32-16-24(30-26(21)32)18-4-2-5-19(27)14-18/h2-5,10,14,16,20-21,28-29H,6-9,11-13,15H2,1H3. The molecule has 3 aliphatic rings. The van der Waals surface area contributed by atoms with Crippen molar-refractivity contribution in [3.8, 4) is 11.3 Å². The fourth-order valence-electron chi connectivity index (χ4n) is 4.97. The number of allylic oxidation sites excluding steroid dienone is 1. The van der Waals surface area contributed by atoms with E-state index in [4.69, 9.17) is 9.72 Å². The summed E-state index contributed by atoms with van der Waals surface area (Å²) in [6, 6.07) is 6.73. The summed E-state index contributed by atoms with van der Waals surface area (Å²) in [4.78, 5) is 18.8. The summed E-state index contributed by atoms with van der Waals surface area (Å²) >= 11 is 0. The summed E-state index contributed by atoms with van der Waals surface area (Å²) in [5.41, 5.74) is 3.83. The van der Waals surface area contributed by atoms with Crippen LogP contribution in [0.5, 0.6) is 0 Å². The van der Waals surface area contributed by atoms with Crippen molar-refractivity contribution in [2.24, 2.45) is 0 Å². The van der Waals surface area contributed by atoms with Crippen LogP contribution in [0.15, 0.2) is 47.8 Å². The number of amides is 1. The van der Waals surface area contributed by atoms with Gasteiger partial charge in [0.1, 0.15) is 11.6 Å². The molecule has 34 heavy (non-hydrogen) atoms. The number of nitrogens with one attached hydrogen (secondary N) is 2. The molecular formula is C26H30FN5O2. The summed E-state index contributed by atoms with van der Waals surface area (Å²) in [6.07, 6.45) is 9.13. The number of imidazole rings is 1. The van der Waals surface area contributed by atoms with Crippen LogP contribution in [0.25, 0.3) is 17.5 Å². The molecule has 178 valence electrons. The quantitative estimate of drug-likeness (QED) is 0.658. The highest BCUT2D eigenvalue weighted by Crippen LogP contribution is 2.33. The Labute approximate surface area is 198 Å². The van der Waals surface area contributed by atoms with E-state index < -0.39 is 0 Å². The molecule has 7 nitrogen and oxygen atoms in total. The molecular weight excluding hydrogens is 433 g/mol. The first-order valence-corrected chi connectivity index (χ1v) is 11.9. The van der Waals surface area contributed by atoms with E-state index in [0.29, 0.717) is 48.9 Å². The van der Waals surface area contributed by atoms with E-state index in [-0.39, 0.29) is 17.6 Å². The lowest BCUT2D eigenvalue weighted by Crippen LogP contribution is -2.43. The summed E-state index contributed by atoms with van der Waals surface area (Å²) in [6.45, 7) is 4.15. The zero-order valence-corrected chi connectivity index (χ0v) is 19.4. The van der Waals surface area contributed by atoms with Gasteiger partial charge in [-0.1, -0.05) is 18.2 Å². The summed E-state index contributed by atoms with van der Waals surface area (Å²) in [7, 11) is 0. The predicted octanol–water partition coefficient (Wildman–Crippen LogP) is 3.94. The lowest BCUT2D eigenvalue weighted by Gasteiger charge is -2.35. The lowest BCUT2D eigenvalue weighted by atomic mass is 9.88. The number of benzene rings is 1. The van der Waals surface area contributed by atoms with E-state index in [1.54, 1.807) is 13.0 Å². The van der Waals surface area contributed by atoms with Crippen molar-refractivity contribution >= 4 is 17.8 Å². The Balaban J connectivity index is 1.46. The molecule has 0 saturated carbocycles. The highest BCUT2D eigenvalue weighted by atomic mass is 19.1. The van der Waals surface area contributed by atoms with Gasteiger partial charge in [0.05, 0.1) is 11.6 Å². The Bertz CT molecular complexity index is 1160. The van der Waals surface area contributed by atoms with Gasteiger partial charge >= 0.3 is 0 Å². The molecule has 1 amide bonds. The van der Waals surface area contributed by atoms with Crippen LogP contribution in [0.4, 0.5) is 4.39 Å². The zero-order valence-electron chi connectivity index (χ0n) is 19.4. The Morgan fingerprint density at radius 2 is 2.12 bits per heavy atom. The molecule has 1 unspecified atom stereocenters. The van der Waals surface area contributed by atoms with Crippen LogP contribution in [-0.4, -0.2) is 58.4 Å². The topological polar surface area (TPSA) is 83.2 Å². The highest BCUT2D eigenvalue weighted by Gasteiger charge is 2.32. The molecule has 2 N–H and O–H groups in total. The molecule has 1 atom stereocenters. The highest BCUT2D eigenvalue weighted by molar-refractivity contribution is 6.04. The first-order chi connectivity index (χ1) is 16.5. The van der Waals surface area contributed by atoms with Gasteiger partial charge in [0.15, 0.2) is 0 Å². The number of aromatic nitrogens is 2. The summed E-state index contributed by atoms with van der Waals surface area (Å²) in [5.74, 6) is 0.253. The van der Waals surface area contributed by atoms with Gasteiger partial charge < -0.3 is 24.9 Å². The van der Waals surface area contributed by atoms with E-state index in [1.165, 1.54) is 12.1 Å². The van der Waals surface area contributed by atoms with Crippen molar-refractivity contribution in [1.82, 2.24) is 19.8 Å². The maximum absolute atomic E-state index is 13.8. The number of ether oxygens (including phenoxy) is 1. The van der Waals surface area contributed by atoms with Gasteiger partial charge in [0.25, 0.3) is 0 Å². The molecule has 1 aromatic carbocycles. The molecule has 1 saturated heterocycles. The van der Waals surface area contributed by atoms with Crippen molar-refractivity contribution in [3.63, 3.8) is 0 Å². The molecule has 0 spiro atoms. The van der Waals surface area contributed by atoms with Gasteiger partial charge in [-0.15, -0.1) is 0 Å². The largest absolute Gasteiger partial charge is 0.385 e. The van der Waals surface area contributed by atoms with Gasteiger partial charge in [-0.25, -0.2) is 9.37 Å². The molecule has 5 rings (SSSR count). The molecule has 1 fully saturated rings. The third-order valence-electron chi connectivity index (χ3n) is 6.89. The summed E-state index contributed by atoms with van der Waals surface area (Å²) < 4.78 is 21.2. The minimum atomic E-state index is -0.302. The van der Waals surface area contributed by atoms with Crippen molar-refractivity contribution in [3.05, 3.63) is 59.5 Å². The number of hydrogen-bond donors (Lipinski definition) is 2. The zero-order chi connectivity index (χ0) is 23.7. The second-order valence-electron chi connectivity index (χ2n) is 9.17. The minimum absolute atomic E-state index is 0.0221. The van der Waals surface area contributed by atoms with Crippen molar-refractivity contribution in [2.75, 3.05) is 26.3 Å². The van der Waals surface area contributed by atoms with Crippen LogP contribution < -0.4 is 5.32 Å². The SMILES string of the molecule is CC(=O)N1CCC(NC2CCOCC2)=C(C(=N)C2CC=Cn3cc(-c4cccc(F)c4)nc32)C1.